The van der Waals surface area contributed by atoms with Crippen LogP contribution in [0.4, 0.5) is 0 Å². The maximum Gasteiger partial charge on any atom is 0.0627 e. The molecule has 3 atom stereocenters. The van der Waals surface area contributed by atoms with Crippen molar-refractivity contribution in [1.82, 2.24) is 15.1 Å². The van der Waals surface area contributed by atoms with Gasteiger partial charge >= 0.3 is 0 Å². The van der Waals surface area contributed by atoms with E-state index in [-0.39, 0.29) is 0 Å². The van der Waals surface area contributed by atoms with Crippen molar-refractivity contribution in [2.24, 2.45) is 13.0 Å². The summed E-state index contributed by atoms with van der Waals surface area (Å²) in [5.41, 5.74) is 2.72. The van der Waals surface area contributed by atoms with Gasteiger partial charge in [-0.15, -0.1) is 0 Å². The lowest BCUT2D eigenvalue weighted by molar-refractivity contribution is 0.246. The van der Waals surface area contributed by atoms with Crippen molar-refractivity contribution >= 4 is 0 Å². The summed E-state index contributed by atoms with van der Waals surface area (Å²) >= 11 is 0. The SMILES string of the molecule is CNC1CCC(c2ccccc2)CC1Cc1ccn(C)n1. The highest BCUT2D eigenvalue weighted by Gasteiger charge is 2.30. The van der Waals surface area contributed by atoms with E-state index in [4.69, 9.17) is 0 Å². The van der Waals surface area contributed by atoms with Crippen molar-refractivity contribution in [3.05, 3.63) is 53.9 Å². The molecule has 1 aliphatic carbocycles. The summed E-state index contributed by atoms with van der Waals surface area (Å²) in [5, 5.41) is 8.08. The summed E-state index contributed by atoms with van der Waals surface area (Å²) in [6.45, 7) is 0. The summed E-state index contributed by atoms with van der Waals surface area (Å²) in [6, 6.07) is 13.8. The average Bonchev–Trinajstić information content (AvgIpc) is 2.93. The maximum absolute atomic E-state index is 4.56. The Morgan fingerprint density at radius 2 is 2.00 bits per heavy atom. The first kappa shape index (κ1) is 14.3. The van der Waals surface area contributed by atoms with E-state index in [2.05, 4.69) is 53.9 Å². The zero-order chi connectivity index (χ0) is 14.7. The Morgan fingerprint density at radius 1 is 1.19 bits per heavy atom. The highest BCUT2D eigenvalue weighted by molar-refractivity contribution is 5.20. The number of aryl methyl sites for hydroxylation is 1. The maximum atomic E-state index is 4.56. The highest BCUT2D eigenvalue weighted by Crippen LogP contribution is 2.37. The first-order chi connectivity index (χ1) is 10.3. The molecule has 1 N–H and O–H groups in total. The van der Waals surface area contributed by atoms with Crippen LogP contribution < -0.4 is 5.32 Å². The van der Waals surface area contributed by atoms with Gasteiger partial charge in [-0.1, -0.05) is 30.3 Å². The number of aromatic nitrogens is 2. The molecule has 0 radical (unpaired) electrons. The van der Waals surface area contributed by atoms with Crippen LogP contribution in [0.3, 0.4) is 0 Å². The molecule has 1 aliphatic rings. The smallest absolute Gasteiger partial charge is 0.0627 e. The third-order valence-corrected chi connectivity index (χ3v) is 4.86. The van der Waals surface area contributed by atoms with Gasteiger partial charge in [0.1, 0.15) is 0 Å². The topological polar surface area (TPSA) is 29.9 Å². The molecule has 1 heterocycles. The number of rotatable bonds is 4. The van der Waals surface area contributed by atoms with Crippen molar-refractivity contribution < 1.29 is 0 Å². The summed E-state index contributed by atoms with van der Waals surface area (Å²) in [6.07, 6.45) is 6.92. The predicted molar refractivity (Wildman–Crippen MR) is 86.3 cm³/mol. The molecule has 3 heteroatoms. The van der Waals surface area contributed by atoms with Crippen LogP contribution in [-0.2, 0) is 13.5 Å². The molecule has 3 nitrogen and oxygen atoms in total. The second kappa shape index (κ2) is 6.44. The molecule has 1 fully saturated rings. The molecule has 2 aromatic rings. The first-order valence-corrected chi connectivity index (χ1v) is 7.97. The quantitative estimate of drug-likeness (QED) is 0.934. The summed E-state index contributed by atoms with van der Waals surface area (Å²) < 4.78 is 1.90. The number of nitrogens with zero attached hydrogens (tertiary/aromatic N) is 2. The Balaban J connectivity index is 1.72. The average molecular weight is 283 g/mol. The van der Waals surface area contributed by atoms with E-state index in [0.717, 1.165) is 6.42 Å². The van der Waals surface area contributed by atoms with Crippen molar-refractivity contribution in [3.63, 3.8) is 0 Å². The van der Waals surface area contributed by atoms with Gasteiger partial charge < -0.3 is 5.32 Å². The molecule has 3 rings (SSSR count). The Kier molecular flexibility index (Phi) is 4.39. The van der Waals surface area contributed by atoms with Gasteiger partial charge in [0.25, 0.3) is 0 Å². The molecule has 1 aromatic carbocycles. The van der Waals surface area contributed by atoms with Crippen LogP contribution in [0.2, 0.25) is 0 Å². The van der Waals surface area contributed by atoms with E-state index >= 15 is 0 Å². The molecular weight excluding hydrogens is 258 g/mol. The Labute approximate surface area is 127 Å². The van der Waals surface area contributed by atoms with Gasteiger partial charge in [0.05, 0.1) is 5.69 Å². The lowest BCUT2D eigenvalue weighted by Crippen LogP contribution is -2.39. The minimum atomic E-state index is 0.618. The molecule has 3 unspecified atom stereocenters. The second-order valence-corrected chi connectivity index (χ2v) is 6.26. The van der Waals surface area contributed by atoms with Crippen LogP contribution in [0.15, 0.2) is 42.6 Å². The molecule has 112 valence electrons. The van der Waals surface area contributed by atoms with Gasteiger partial charge in [0, 0.05) is 19.3 Å². The molecule has 0 amide bonds. The number of hydrogen-bond acceptors (Lipinski definition) is 2. The zero-order valence-corrected chi connectivity index (χ0v) is 13.0. The zero-order valence-electron chi connectivity index (χ0n) is 13.0. The molecule has 0 saturated heterocycles. The second-order valence-electron chi connectivity index (χ2n) is 6.26. The summed E-state index contributed by atoms with van der Waals surface area (Å²) in [5.74, 6) is 1.37. The van der Waals surface area contributed by atoms with E-state index in [9.17, 15) is 0 Å². The largest absolute Gasteiger partial charge is 0.317 e. The fourth-order valence-electron chi connectivity index (χ4n) is 3.74. The lowest BCUT2D eigenvalue weighted by atomic mass is 9.73. The van der Waals surface area contributed by atoms with Gasteiger partial charge in [0.2, 0.25) is 0 Å². The van der Waals surface area contributed by atoms with E-state index in [1.54, 1.807) is 0 Å². The van der Waals surface area contributed by atoms with Gasteiger partial charge in [0.15, 0.2) is 0 Å². The predicted octanol–water partition coefficient (Wildman–Crippen LogP) is 3.13. The fraction of sp³-hybridized carbons (Fsp3) is 0.500. The van der Waals surface area contributed by atoms with Crippen molar-refractivity contribution in [1.29, 1.82) is 0 Å². The third-order valence-electron chi connectivity index (χ3n) is 4.86. The van der Waals surface area contributed by atoms with Gasteiger partial charge in [-0.2, -0.15) is 5.10 Å². The third kappa shape index (κ3) is 3.35. The Bertz CT molecular complexity index is 561. The van der Waals surface area contributed by atoms with Crippen molar-refractivity contribution in [3.8, 4) is 0 Å². The van der Waals surface area contributed by atoms with Crippen LogP contribution in [-0.4, -0.2) is 22.9 Å². The monoisotopic (exact) mass is 283 g/mol. The van der Waals surface area contributed by atoms with E-state index < -0.39 is 0 Å². The van der Waals surface area contributed by atoms with Gasteiger partial charge in [-0.3, -0.25) is 4.68 Å². The van der Waals surface area contributed by atoms with Crippen LogP contribution in [0.25, 0.3) is 0 Å². The van der Waals surface area contributed by atoms with E-state index in [1.807, 2.05) is 17.9 Å². The standard InChI is InChI=1S/C18H25N3/c1-19-18-9-8-15(14-6-4-3-5-7-14)12-16(18)13-17-10-11-21(2)20-17/h3-7,10-11,15-16,18-19H,8-9,12-13H2,1-2H3. The minimum Gasteiger partial charge on any atom is -0.317 e. The van der Waals surface area contributed by atoms with E-state index in [1.165, 1.54) is 30.5 Å². The molecular formula is C18H25N3. The molecule has 0 spiro atoms. The highest BCUT2D eigenvalue weighted by atomic mass is 15.2. The number of nitrogens with one attached hydrogen (secondary N) is 1. The molecule has 0 aliphatic heterocycles. The van der Waals surface area contributed by atoms with Gasteiger partial charge in [-0.25, -0.2) is 0 Å². The number of hydrogen-bond donors (Lipinski definition) is 1. The van der Waals surface area contributed by atoms with Crippen LogP contribution >= 0.6 is 0 Å². The Hall–Kier alpha value is -1.61. The van der Waals surface area contributed by atoms with Crippen LogP contribution in [0.1, 0.15) is 36.4 Å². The minimum absolute atomic E-state index is 0.618. The molecule has 21 heavy (non-hydrogen) atoms. The van der Waals surface area contributed by atoms with E-state index in [0.29, 0.717) is 17.9 Å². The van der Waals surface area contributed by atoms with Gasteiger partial charge in [-0.05, 0) is 56.2 Å². The van der Waals surface area contributed by atoms with Crippen molar-refractivity contribution in [2.75, 3.05) is 7.05 Å². The summed E-state index contributed by atoms with van der Waals surface area (Å²) in [7, 11) is 4.09. The normalized spacial score (nSPS) is 25.9. The fourth-order valence-corrected chi connectivity index (χ4v) is 3.74. The molecule has 1 saturated carbocycles. The molecule has 1 aromatic heterocycles. The first-order valence-electron chi connectivity index (χ1n) is 7.97. The number of benzene rings is 1. The molecule has 0 bridgehead atoms. The lowest BCUT2D eigenvalue weighted by Gasteiger charge is -2.36. The Morgan fingerprint density at radius 3 is 2.67 bits per heavy atom. The van der Waals surface area contributed by atoms with Crippen molar-refractivity contribution in [2.45, 2.75) is 37.6 Å². The van der Waals surface area contributed by atoms with Crippen LogP contribution in [0.5, 0.6) is 0 Å². The van der Waals surface area contributed by atoms with Crippen LogP contribution in [0, 0.1) is 5.92 Å². The summed E-state index contributed by atoms with van der Waals surface area (Å²) in [4.78, 5) is 0.